The van der Waals surface area contributed by atoms with Gasteiger partial charge in [-0.2, -0.15) is 10.5 Å². The summed E-state index contributed by atoms with van der Waals surface area (Å²) in [6.07, 6.45) is 1.54. The number of hydrogen-bond acceptors (Lipinski definition) is 3. The molecule has 3 nitrogen and oxygen atoms in total. The van der Waals surface area contributed by atoms with E-state index in [1.54, 1.807) is 0 Å². The van der Waals surface area contributed by atoms with Gasteiger partial charge in [0.05, 0.1) is 6.61 Å². The summed E-state index contributed by atoms with van der Waals surface area (Å²) in [6, 6.07) is 9.79. The van der Waals surface area contributed by atoms with Gasteiger partial charge in [-0.15, -0.1) is 0 Å². The second kappa shape index (κ2) is 4.72. The average molecular weight is 224 g/mol. The van der Waals surface area contributed by atoms with Crippen LogP contribution in [0.5, 0.6) is 5.75 Å². The van der Waals surface area contributed by atoms with Crippen molar-refractivity contribution in [2.45, 2.75) is 19.8 Å². The summed E-state index contributed by atoms with van der Waals surface area (Å²) >= 11 is 0. The summed E-state index contributed by atoms with van der Waals surface area (Å²) in [7, 11) is 0. The molecule has 0 atom stereocenters. The first kappa shape index (κ1) is 11.2. The van der Waals surface area contributed by atoms with E-state index >= 15 is 0 Å². The monoisotopic (exact) mass is 224 g/mol. The number of benzene rings is 1. The smallest absolute Gasteiger partial charge is 0.133 e. The maximum Gasteiger partial charge on any atom is 0.133 e. The normalized spacial score (nSPS) is 13.7. The van der Waals surface area contributed by atoms with Crippen LogP contribution in [-0.4, -0.2) is 6.61 Å². The Morgan fingerprint density at radius 2 is 2.06 bits per heavy atom. The third kappa shape index (κ3) is 2.14. The zero-order chi connectivity index (χ0) is 12.3. The lowest BCUT2D eigenvalue weighted by molar-refractivity contribution is 0.317. The van der Waals surface area contributed by atoms with Gasteiger partial charge >= 0.3 is 0 Å². The highest BCUT2D eigenvalue weighted by Crippen LogP contribution is 2.34. The summed E-state index contributed by atoms with van der Waals surface area (Å²) in [6.45, 7) is 2.62. The van der Waals surface area contributed by atoms with E-state index in [0.29, 0.717) is 13.0 Å². The standard InChI is InChI=1S/C14H12N2O/c1-10-4-5-13-12(11(8-15)9-16)3-2-6-17-14(13)7-10/h4-5,7H,2-3,6H2,1H3. The molecule has 1 aliphatic rings. The summed E-state index contributed by atoms with van der Waals surface area (Å²) < 4.78 is 5.65. The first-order valence-corrected chi connectivity index (χ1v) is 5.53. The highest BCUT2D eigenvalue weighted by Gasteiger charge is 2.17. The number of allylic oxidation sites excluding steroid dienone is 2. The third-order valence-corrected chi connectivity index (χ3v) is 2.82. The molecule has 0 N–H and O–H groups in total. The van der Waals surface area contributed by atoms with E-state index < -0.39 is 0 Å². The quantitative estimate of drug-likeness (QED) is 0.636. The molecule has 1 aromatic rings. The Morgan fingerprint density at radius 3 is 2.76 bits per heavy atom. The minimum absolute atomic E-state index is 0.195. The fourth-order valence-electron chi connectivity index (χ4n) is 1.98. The molecule has 1 aromatic carbocycles. The molecule has 0 fully saturated rings. The minimum Gasteiger partial charge on any atom is -0.493 e. The molecule has 0 unspecified atom stereocenters. The van der Waals surface area contributed by atoms with Crippen LogP contribution in [0, 0.1) is 29.6 Å². The van der Waals surface area contributed by atoms with Crippen molar-refractivity contribution >= 4 is 5.57 Å². The van der Waals surface area contributed by atoms with Crippen molar-refractivity contribution in [3.8, 4) is 17.9 Å². The van der Waals surface area contributed by atoms with Crippen LogP contribution in [0.15, 0.2) is 23.8 Å². The number of ether oxygens (including phenoxy) is 1. The Kier molecular flexibility index (Phi) is 3.12. The molecule has 3 heteroatoms. The number of fused-ring (bicyclic) bond motifs is 1. The third-order valence-electron chi connectivity index (χ3n) is 2.82. The van der Waals surface area contributed by atoms with Crippen LogP contribution in [0.2, 0.25) is 0 Å². The SMILES string of the molecule is Cc1ccc2c(c1)OCCCC2=C(C#N)C#N. The second-order valence-corrected chi connectivity index (χ2v) is 4.03. The molecule has 2 rings (SSSR count). The van der Waals surface area contributed by atoms with Crippen molar-refractivity contribution in [3.63, 3.8) is 0 Å². The van der Waals surface area contributed by atoms with Crippen LogP contribution >= 0.6 is 0 Å². The number of nitriles is 2. The predicted octanol–water partition coefficient (Wildman–Crippen LogP) is 2.97. The Bertz CT molecular complexity index is 543. The van der Waals surface area contributed by atoms with E-state index in [1.165, 1.54) is 0 Å². The van der Waals surface area contributed by atoms with Crippen molar-refractivity contribution in [1.82, 2.24) is 0 Å². The van der Waals surface area contributed by atoms with Gasteiger partial charge in [0, 0.05) is 5.56 Å². The van der Waals surface area contributed by atoms with Gasteiger partial charge in [0.2, 0.25) is 0 Å². The fourth-order valence-corrected chi connectivity index (χ4v) is 1.98. The summed E-state index contributed by atoms with van der Waals surface area (Å²) in [5.41, 5.74) is 3.00. The van der Waals surface area contributed by atoms with E-state index in [4.69, 9.17) is 15.3 Å². The first-order valence-electron chi connectivity index (χ1n) is 5.53. The van der Waals surface area contributed by atoms with Crippen LogP contribution in [0.25, 0.3) is 5.57 Å². The molecule has 0 aliphatic carbocycles. The van der Waals surface area contributed by atoms with Crippen LogP contribution in [0.4, 0.5) is 0 Å². The zero-order valence-electron chi connectivity index (χ0n) is 9.66. The van der Waals surface area contributed by atoms with Crippen molar-refractivity contribution in [2.75, 3.05) is 6.61 Å². The molecule has 0 saturated carbocycles. The molecular weight excluding hydrogens is 212 g/mol. The number of rotatable bonds is 0. The minimum atomic E-state index is 0.195. The van der Waals surface area contributed by atoms with Crippen molar-refractivity contribution in [3.05, 3.63) is 34.9 Å². The fraction of sp³-hybridized carbons (Fsp3) is 0.286. The lowest BCUT2D eigenvalue weighted by Crippen LogP contribution is -1.94. The Balaban J connectivity index is 2.64. The zero-order valence-corrected chi connectivity index (χ0v) is 9.66. The van der Waals surface area contributed by atoms with Crippen molar-refractivity contribution < 1.29 is 4.74 Å². The summed E-state index contributed by atoms with van der Waals surface area (Å²) in [4.78, 5) is 0. The lowest BCUT2D eigenvalue weighted by atomic mass is 9.96. The number of hydrogen-bond donors (Lipinski definition) is 0. The van der Waals surface area contributed by atoms with Crippen LogP contribution in [0.3, 0.4) is 0 Å². The van der Waals surface area contributed by atoms with Crippen LogP contribution in [0.1, 0.15) is 24.0 Å². The maximum absolute atomic E-state index is 8.98. The molecule has 0 amide bonds. The van der Waals surface area contributed by atoms with Gasteiger partial charge in [0.15, 0.2) is 0 Å². The van der Waals surface area contributed by atoms with E-state index in [1.807, 2.05) is 37.3 Å². The van der Waals surface area contributed by atoms with E-state index in [0.717, 1.165) is 28.9 Å². The van der Waals surface area contributed by atoms with Gasteiger partial charge in [-0.25, -0.2) is 0 Å². The predicted molar refractivity (Wildman–Crippen MR) is 64.1 cm³/mol. The Morgan fingerprint density at radius 1 is 1.29 bits per heavy atom. The van der Waals surface area contributed by atoms with Gasteiger partial charge in [-0.1, -0.05) is 12.1 Å². The summed E-state index contributed by atoms with van der Waals surface area (Å²) in [5.74, 6) is 0.778. The highest BCUT2D eigenvalue weighted by molar-refractivity contribution is 5.79. The second-order valence-electron chi connectivity index (χ2n) is 4.03. The Labute approximate surface area is 101 Å². The maximum atomic E-state index is 8.98. The number of aryl methyl sites for hydroxylation is 1. The molecule has 0 saturated heterocycles. The van der Waals surface area contributed by atoms with Crippen molar-refractivity contribution in [1.29, 1.82) is 10.5 Å². The lowest BCUT2D eigenvalue weighted by Gasteiger charge is -2.09. The average Bonchev–Trinajstić information content (AvgIpc) is 2.53. The van der Waals surface area contributed by atoms with Crippen LogP contribution < -0.4 is 4.74 Å². The van der Waals surface area contributed by atoms with E-state index in [-0.39, 0.29) is 5.57 Å². The van der Waals surface area contributed by atoms with Gasteiger partial charge < -0.3 is 4.74 Å². The molecule has 0 radical (unpaired) electrons. The molecule has 84 valence electrons. The molecule has 1 heterocycles. The summed E-state index contributed by atoms with van der Waals surface area (Å²) in [5, 5.41) is 18.0. The molecule has 0 aromatic heterocycles. The molecule has 0 bridgehead atoms. The Hall–Kier alpha value is -2.26. The van der Waals surface area contributed by atoms with E-state index in [2.05, 4.69) is 0 Å². The largest absolute Gasteiger partial charge is 0.493 e. The molecule has 0 spiro atoms. The van der Waals surface area contributed by atoms with Crippen molar-refractivity contribution in [2.24, 2.45) is 0 Å². The van der Waals surface area contributed by atoms with E-state index in [9.17, 15) is 0 Å². The number of nitrogens with zero attached hydrogens (tertiary/aromatic N) is 2. The van der Waals surface area contributed by atoms with Gasteiger partial charge in [-0.3, -0.25) is 0 Å². The highest BCUT2D eigenvalue weighted by atomic mass is 16.5. The first-order chi connectivity index (χ1) is 8.26. The van der Waals surface area contributed by atoms with Crippen LogP contribution in [-0.2, 0) is 0 Å². The van der Waals surface area contributed by atoms with Gasteiger partial charge in [0.1, 0.15) is 23.5 Å². The van der Waals surface area contributed by atoms with Gasteiger partial charge in [0.25, 0.3) is 0 Å². The molecule has 1 aliphatic heterocycles. The van der Waals surface area contributed by atoms with Gasteiger partial charge in [-0.05, 0) is 37.0 Å². The molecule has 17 heavy (non-hydrogen) atoms. The topological polar surface area (TPSA) is 56.8 Å². The molecular formula is C14H12N2O.